The monoisotopic (exact) mass is 224 g/mol. The maximum atomic E-state index is 11.7. The SMILES string of the molecule is C=CCN(CC=C)C(=O)NCCCC(C)C. The lowest BCUT2D eigenvalue weighted by molar-refractivity contribution is 0.208. The summed E-state index contributed by atoms with van der Waals surface area (Å²) in [6.45, 7) is 13.5. The molecule has 16 heavy (non-hydrogen) atoms. The second-order valence-corrected chi connectivity index (χ2v) is 4.25. The van der Waals surface area contributed by atoms with Crippen molar-refractivity contribution in [3.8, 4) is 0 Å². The van der Waals surface area contributed by atoms with E-state index in [-0.39, 0.29) is 6.03 Å². The zero-order valence-electron chi connectivity index (χ0n) is 10.5. The summed E-state index contributed by atoms with van der Waals surface area (Å²) in [5, 5.41) is 2.90. The van der Waals surface area contributed by atoms with Crippen LogP contribution in [-0.4, -0.2) is 30.6 Å². The molecule has 3 heteroatoms. The minimum atomic E-state index is -0.0384. The van der Waals surface area contributed by atoms with Crippen LogP contribution in [0.1, 0.15) is 26.7 Å². The standard InChI is InChI=1S/C13H24N2O/c1-5-10-15(11-6-2)13(16)14-9-7-8-12(3)4/h5-6,12H,1-2,7-11H2,3-4H3,(H,14,16). The molecular weight excluding hydrogens is 200 g/mol. The molecule has 0 bridgehead atoms. The van der Waals surface area contributed by atoms with Gasteiger partial charge in [-0.3, -0.25) is 0 Å². The molecule has 0 aromatic rings. The minimum Gasteiger partial charge on any atom is -0.338 e. The van der Waals surface area contributed by atoms with Crippen molar-refractivity contribution in [2.24, 2.45) is 5.92 Å². The average molecular weight is 224 g/mol. The molecule has 0 aliphatic rings. The van der Waals surface area contributed by atoms with Crippen LogP contribution in [0.4, 0.5) is 4.79 Å². The van der Waals surface area contributed by atoms with Gasteiger partial charge in [0.2, 0.25) is 0 Å². The summed E-state index contributed by atoms with van der Waals surface area (Å²) in [6.07, 6.45) is 5.61. The summed E-state index contributed by atoms with van der Waals surface area (Å²) in [5.74, 6) is 0.689. The van der Waals surface area contributed by atoms with Crippen LogP contribution < -0.4 is 5.32 Å². The number of rotatable bonds is 8. The number of nitrogens with one attached hydrogen (secondary N) is 1. The number of hydrogen-bond acceptors (Lipinski definition) is 1. The normalized spacial score (nSPS) is 9.94. The first-order valence-corrected chi connectivity index (χ1v) is 5.86. The number of hydrogen-bond donors (Lipinski definition) is 1. The molecule has 0 radical (unpaired) electrons. The fraction of sp³-hybridized carbons (Fsp3) is 0.615. The number of amides is 2. The third kappa shape index (κ3) is 7.10. The van der Waals surface area contributed by atoms with Gasteiger partial charge in [0.15, 0.2) is 0 Å². The van der Waals surface area contributed by atoms with Crippen molar-refractivity contribution < 1.29 is 4.79 Å². The van der Waals surface area contributed by atoms with Crippen LogP contribution >= 0.6 is 0 Å². The van der Waals surface area contributed by atoms with E-state index in [0.717, 1.165) is 19.4 Å². The second-order valence-electron chi connectivity index (χ2n) is 4.25. The molecule has 0 saturated heterocycles. The summed E-state index contributed by atoms with van der Waals surface area (Å²) in [5.41, 5.74) is 0. The van der Waals surface area contributed by atoms with Crippen LogP contribution in [0.15, 0.2) is 25.3 Å². The molecule has 1 N–H and O–H groups in total. The predicted octanol–water partition coefficient (Wildman–Crippen LogP) is 2.81. The Morgan fingerprint density at radius 1 is 1.31 bits per heavy atom. The molecular formula is C13H24N2O. The Morgan fingerprint density at radius 2 is 1.88 bits per heavy atom. The van der Waals surface area contributed by atoms with Gasteiger partial charge in [0, 0.05) is 19.6 Å². The number of carbonyl (C=O) groups is 1. The Morgan fingerprint density at radius 3 is 2.31 bits per heavy atom. The molecule has 0 aliphatic carbocycles. The van der Waals surface area contributed by atoms with Crippen molar-refractivity contribution >= 4 is 6.03 Å². The van der Waals surface area contributed by atoms with E-state index >= 15 is 0 Å². The topological polar surface area (TPSA) is 32.3 Å². The highest BCUT2D eigenvalue weighted by molar-refractivity contribution is 5.74. The van der Waals surface area contributed by atoms with Gasteiger partial charge < -0.3 is 10.2 Å². The van der Waals surface area contributed by atoms with Crippen molar-refractivity contribution in [3.63, 3.8) is 0 Å². The lowest BCUT2D eigenvalue weighted by atomic mass is 10.1. The highest BCUT2D eigenvalue weighted by Gasteiger charge is 2.08. The smallest absolute Gasteiger partial charge is 0.317 e. The largest absolute Gasteiger partial charge is 0.338 e. The van der Waals surface area contributed by atoms with Crippen molar-refractivity contribution in [3.05, 3.63) is 25.3 Å². The summed E-state index contributed by atoms with van der Waals surface area (Å²) in [4.78, 5) is 13.4. The van der Waals surface area contributed by atoms with E-state index in [2.05, 4.69) is 32.3 Å². The molecule has 0 aliphatic heterocycles. The van der Waals surface area contributed by atoms with E-state index in [1.54, 1.807) is 17.1 Å². The Kier molecular flexibility index (Phi) is 8.31. The third-order valence-corrected chi connectivity index (χ3v) is 2.22. The summed E-state index contributed by atoms with van der Waals surface area (Å²) in [7, 11) is 0. The number of urea groups is 1. The van der Waals surface area contributed by atoms with Crippen molar-refractivity contribution in [1.82, 2.24) is 10.2 Å². The van der Waals surface area contributed by atoms with Crippen molar-refractivity contribution in [2.75, 3.05) is 19.6 Å². The quantitative estimate of drug-likeness (QED) is 0.499. The lowest BCUT2D eigenvalue weighted by Gasteiger charge is -2.19. The third-order valence-electron chi connectivity index (χ3n) is 2.22. The van der Waals surface area contributed by atoms with Crippen molar-refractivity contribution in [1.29, 1.82) is 0 Å². The van der Waals surface area contributed by atoms with Crippen LogP contribution in [0.2, 0.25) is 0 Å². The van der Waals surface area contributed by atoms with Crippen molar-refractivity contribution in [2.45, 2.75) is 26.7 Å². The Labute approximate surface area is 99.2 Å². The van der Waals surface area contributed by atoms with Gasteiger partial charge in [0.1, 0.15) is 0 Å². The van der Waals surface area contributed by atoms with Crippen LogP contribution in [0.25, 0.3) is 0 Å². The number of nitrogens with zero attached hydrogens (tertiary/aromatic N) is 1. The van der Waals surface area contributed by atoms with Gasteiger partial charge in [-0.2, -0.15) is 0 Å². The molecule has 0 spiro atoms. The highest BCUT2D eigenvalue weighted by Crippen LogP contribution is 2.02. The first kappa shape index (κ1) is 14.8. The Balaban J connectivity index is 3.81. The van der Waals surface area contributed by atoms with E-state index in [1.165, 1.54) is 0 Å². The van der Waals surface area contributed by atoms with Gasteiger partial charge in [-0.15, -0.1) is 13.2 Å². The van der Waals surface area contributed by atoms with Gasteiger partial charge in [-0.25, -0.2) is 4.79 Å². The average Bonchev–Trinajstić information content (AvgIpc) is 2.23. The van der Waals surface area contributed by atoms with E-state index in [9.17, 15) is 4.79 Å². The highest BCUT2D eigenvalue weighted by atomic mass is 16.2. The molecule has 0 aromatic heterocycles. The predicted molar refractivity (Wildman–Crippen MR) is 69.4 cm³/mol. The first-order chi connectivity index (χ1) is 7.61. The van der Waals surface area contributed by atoms with Crippen LogP contribution in [-0.2, 0) is 0 Å². The number of carbonyl (C=O) groups excluding carboxylic acids is 1. The molecule has 3 nitrogen and oxygen atoms in total. The molecule has 0 heterocycles. The fourth-order valence-corrected chi connectivity index (χ4v) is 1.37. The molecule has 92 valence electrons. The fourth-order valence-electron chi connectivity index (χ4n) is 1.37. The van der Waals surface area contributed by atoms with Gasteiger partial charge in [-0.05, 0) is 18.8 Å². The van der Waals surface area contributed by atoms with Crippen LogP contribution in [0.5, 0.6) is 0 Å². The Hall–Kier alpha value is -1.25. The molecule has 0 unspecified atom stereocenters. The minimum absolute atomic E-state index is 0.0384. The molecule has 0 atom stereocenters. The first-order valence-electron chi connectivity index (χ1n) is 5.86. The van der Waals surface area contributed by atoms with Gasteiger partial charge >= 0.3 is 6.03 Å². The van der Waals surface area contributed by atoms with Gasteiger partial charge in [0.05, 0.1) is 0 Å². The molecule has 0 aromatic carbocycles. The maximum Gasteiger partial charge on any atom is 0.317 e. The zero-order valence-corrected chi connectivity index (χ0v) is 10.5. The van der Waals surface area contributed by atoms with Gasteiger partial charge in [0.25, 0.3) is 0 Å². The summed E-state index contributed by atoms with van der Waals surface area (Å²) >= 11 is 0. The van der Waals surface area contributed by atoms with Crippen LogP contribution in [0, 0.1) is 5.92 Å². The molecule has 2 amide bonds. The maximum absolute atomic E-state index is 11.7. The van der Waals surface area contributed by atoms with E-state index < -0.39 is 0 Å². The van der Waals surface area contributed by atoms with E-state index in [0.29, 0.717) is 19.0 Å². The summed E-state index contributed by atoms with van der Waals surface area (Å²) < 4.78 is 0. The molecule has 0 fully saturated rings. The summed E-state index contributed by atoms with van der Waals surface area (Å²) in [6, 6.07) is -0.0384. The molecule has 0 rings (SSSR count). The molecule has 0 saturated carbocycles. The van der Waals surface area contributed by atoms with Crippen LogP contribution in [0.3, 0.4) is 0 Å². The lowest BCUT2D eigenvalue weighted by Crippen LogP contribution is -2.40. The second kappa shape index (κ2) is 9.01. The zero-order chi connectivity index (χ0) is 12.4. The van der Waals surface area contributed by atoms with Gasteiger partial charge in [-0.1, -0.05) is 26.0 Å². The van der Waals surface area contributed by atoms with E-state index in [4.69, 9.17) is 0 Å². The Bertz CT molecular complexity index is 214. The van der Waals surface area contributed by atoms with E-state index in [1.807, 2.05) is 0 Å².